The van der Waals surface area contributed by atoms with Gasteiger partial charge in [-0.1, -0.05) is 35.5 Å². The van der Waals surface area contributed by atoms with E-state index < -0.39 is 10.0 Å². The van der Waals surface area contributed by atoms with E-state index in [0.29, 0.717) is 24.6 Å². The molecule has 1 aromatic heterocycles. The van der Waals surface area contributed by atoms with Crippen molar-refractivity contribution in [3.8, 4) is 0 Å². The Labute approximate surface area is 129 Å². The predicted molar refractivity (Wildman–Crippen MR) is 79.9 cm³/mol. The van der Waals surface area contributed by atoms with Gasteiger partial charge < -0.3 is 9.26 Å². The highest BCUT2D eigenvalue weighted by Crippen LogP contribution is 2.29. The molecule has 1 aliphatic heterocycles. The molecule has 0 aliphatic carbocycles. The molecule has 0 bridgehead atoms. The van der Waals surface area contributed by atoms with Gasteiger partial charge in [0.25, 0.3) is 0 Å². The van der Waals surface area contributed by atoms with Crippen LogP contribution in [-0.2, 0) is 14.8 Å². The van der Waals surface area contributed by atoms with Crippen molar-refractivity contribution >= 4 is 10.0 Å². The second-order valence-corrected chi connectivity index (χ2v) is 7.16. The lowest BCUT2D eigenvalue weighted by Crippen LogP contribution is -2.42. The zero-order valence-corrected chi connectivity index (χ0v) is 13.3. The summed E-state index contributed by atoms with van der Waals surface area (Å²) in [6.45, 7) is 4.23. The highest BCUT2D eigenvalue weighted by atomic mass is 32.2. The lowest BCUT2D eigenvalue weighted by molar-refractivity contribution is -0.00258. The fraction of sp³-hybridized carbons (Fsp3) is 0.400. The molecule has 1 aliphatic rings. The van der Waals surface area contributed by atoms with Crippen LogP contribution in [-0.4, -0.2) is 37.6 Å². The van der Waals surface area contributed by atoms with Crippen molar-refractivity contribution in [1.29, 1.82) is 0 Å². The lowest BCUT2D eigenvalue weighted by atomic mass is 10.1. The molecular weight excluding hydrogens is 304 g/mol. The molecule has 1 saturated heterocycles. The summed E-state index contributed by atoms with van der Waals surface area (Å²) in [6, 6.07) is 9.64. The number of sulfonamides is 1. The standard InChI is InChI=1S/C15H18N2O4S/c1-11-15(12(2)21-16-11)22(18,19)17-8-9-20-14(10-17)13-6-4-3-5-7-13/h3-7,14H,8-10H2,1-2H3/t14-/m0/s1. The SMILES string of the molecule is Cc1noc(C)c1S(=O)(=O)N1CCO[C@H](c2ccccc2)C1. The number of hydrogen-bond donors (Lipinski definition) is 0. The molecule has 6 nitrogen and oxygen atoms in total. The van der Waals surface area contributed by atoms with E-state index in [2.05, 4.69) is 5.16 Å². The number of hydrogen-bond acceptors (Lipinski definition) is 5. The first-order valence-corrected chi connectivity index (χ1v) is 8.53. The molecule has 0 N–H and O–H groups in total. The molecule has 1 aromatic carbocycles. The Morgan fingerprint density at radius 1 is 1.23 bits per heavy atom. The van der Waals surface area contributed by atoms with Crippen LogP contribution in [0.5, 0.6) is 0 Å². The minimum atomic E-state index is -3.62. The van der Waals surface area contributed by atoms with E-state index in [1.807, 2.05) is 30.3 Å². The van der Waals surface area contributed by atoms with Crippen LogP contribution in [0.3, 0.4) is 0 Å². The summed E-state index contributed by atoms with van der Waals surface area (Å²) in [5.41, 5.74) is 1.36. The van der Waals surface area contributed by atoms with Crippen molar-refractivity contribution in [1.82, 2.24) is 9.46 Å². The normalized spacial score (nSPS) is 20.2. The van der Waals surface area contributed by atoms with Gasteiger partial charge in [0.15, 0.2) is 5.76 Å². The Kier molecular flexibility index (Phi) is 4.03. The van der Waals surface area contributed by atoms with Crippen molar-refractivity contribution < 1.29 is 17.7 Å². The highest BCUT2D eigenvalue weighted by Gasteiger charge is 2.35. The Morgan fingerprint density at radius 3 is 2.59 bits per heavy atom. The molecule has 118 valence electrons. The number of morpholine rings is 1. The van der Waals surface area contributed by atoms with Gasteiger partial charge in [0.1, 0.15) is 10.6 Å². The van der Waals surface area contributed by atoms with E-state index in [0.717, 1.165) is 5.56 Å². The maximum absolute atomic E-state index is 12.8. The van der Waals surface area contributed by atoms with E-state index in [1.54, 1.807) is 13.8 Å². The summed E-state index contributed by atoms with van der Waals surface area (Å²) in [4.78, 5) is 0.168. The largest absolute Gasteiger partial charge is 0.371 e. The second-order valence-electron chi connectivity index (χ2n) is 5.29. The average Bonchev–Trinajstić information content (AvgIpc) is 2.88. The molecule has 22 heavy (non-hydrogen) atoms. The Morgan fingerprint density at radius 2 is 1.95 bits per heavy atom. The number of aryl methyl sites for hydroxylation is 2. The maximum Gasteiger partial charge on any atom is 0.248 e. The fourth-order valence-corrected chi connectivity index (χ4v) is 4.40. The van der Waals surface area contributed by atoms with Gasteiger partial charge in [0.05, 0.1) is 12.7 Å². The van der Waals surface area contributed by atoms with Crippen molar-refractivity contribution in [3.05, 3.63) is 47.3 Å². The van der Waals surface area contributed by atoms with Gasteiger partial charge in [-0.3, -0.25) is 0 Å². The van der Waals surface area contributed by atoms with Crippen LogP contribution in [0.4, 0.5) is 0 Å². The zero-order valence-electron chi connectivity index (χ0n) is 12.5. The van der Waals surface area contributed by atoms with Gasteiger partial charge in [0, 0.05) is 13.1 Å². The van der Waals surface area contributed by atoms with E-state index in [-0.39, 0.29) is 17.5 Å². The van der Waals surface area contributed by atoms with Gasteiger partial charge >= 0.3 is 0 Å². The Hall–Kier alpha value is -1.70. The Balaban J connectivity index is 1.89. The number of aromatic nitrogens is 1. The smallest absolute Gasteiger partial charge is 0.248 e. The number of rotatable bonds is 3. The van der Waals surface area contributed by atoms with Crippen LogP contribution in [0, 0.1) is 13.8 Å². The summed E-state index contributed by atoms with van der Waals surface area (Å²) < 4.78 is 37.8. The summed E-state index contributed by atoms with van der Waals surface area (Å²) >= 11 is 0. The van der Waals surface area contributed by atoms with E-state index >= 15 is 0 Å². The van der Waals surface area contributed by atoms with Crippen molar-refractivity contribution in [2.75, 3.05) is 19.7 Å². The first-order chi connectivity index (χ1) is 10.5. The quantitative estimate of drug-likeness (QED) is 0.865. The summed E-state index contributed by atoms with van der Waals surface area (Å²) in [5, 5.41) is 3.74. The summed E-state index contributed by atoms with van der Waals surface area (Å²) in [7, 11) is -3.62. The fourth-order valence-electron chi connectivity index (χ4n) is 2.69. The Bertz CT molecular complexity index is 736. The molecule has 0 spiro atoms. The molecule has 0 saturated carbocycles. The van der Waals surface area contributed by atoms with Gasteiger partial charge in [0.2, 0.25) is 10.0 Å². The molecule has 1 atom stereocenters. The van der Waals surface area contributed by atoms with Gasteiger partial charge in [-0.2, -0.15) is 4.31 Å². The van der Waals surface area contributed by atoms with E-state index in [1.165, 1.54) is 4.31 Å². The zero-order chi connectivity index (χ0) is 15.7. The molecule has 0 radical (unpaired) electrons. The topological polar surface area (TPSA) is 72.6 Å². The molecule has 0 unspecified atom stereocenters. The highest BCUT2D eigenvalue weighted by molar-refractivity contribution is 7.89. The monoisotopic (exact) mass is 322 g/mol. The van der Waals surface area contributed by atoms with Crippen molar-refractivity contribution in [3.63, 3.8) is 0 Å². The van der Waals surface area contributed by atoms with Crippen LogP contribution in [0.2, 0.25) is 0 Å². The summed E-state index contributed by atoms with van der Waals surface area (Å²) in [5.74, 6) is 0.320. The van der Waals surface area contributed by atoms with Crippen LogP contribution in [0.25, 0.3) is 0 Å². The van der Waals surface area contributed by atoms with Crippen LogP contribution in [0.1, 0.15) is 23.1 Å². The molecule has 2 aromatic rings. The molecule has 2 heterocycles. The summed E-state index contributed by atoms with van der Waals surface area (Å²) in [6.07, 6.45) is -0.259. The molecule has 1 fully saturated rings. The van der Waals surface area contributed by atoms with Crippen molar-refractivity contribution in [2.24, 2.45) is 0 Å². The van der Waals surface area contributed by atoms with Gasteiger partial charge in [-0.05, 0) is 19.4 Å². The van der Waals surface area contributed by atoms with Gasteiger partial charge in [-0.15, -0.1) is 0 Å². The van der Waals surface area contributed by atoms with E-state index in [4.69, 9.17) is 9.26 Å². The lowest BCUT2D eigenvalue weighted by Gasteiger charge is -2.32. The molecule has 0 amide bonds. The predicted octanol–water partition coefficient (Wildman–Crippen LogP) is 2.05. The minimum absolute atomic E-state index is 0.168. The minimum Gasteiger partial charge on any atom is -0.371 e. The third-order valence-corrected chi connectivity index (χ3v) is 5.88. The first-order valence-electron chi connectivity index (χ1n) is 7.09. The second kappa shape index (κ2) is 5.83. The molecule has 7 heteroatoms. The molecule has 3 rings (SSSR count). The van der Waals surface area contributed by atoms with Crippen LogP contribution < -0.4 is 0 Å². The van der Waals surface area contributed by atoms with Crippen LogP contribution >= 0.6 is 0 Å². The van der Waals surface area contributed by atoms with Crippen molar-refractivity contribution in [2.45, 2.75) is 24.8 Å². The third kappa shape index (κ3) is 2.67. The first kappa shape index (κ1) is 15.2. The van der Waals surface area contributed by atoms with E-state index in [9.17, 15) is 8.42 Å². The number of nitrogens with zero attached hydrogens (tertiary/aromatic N) is 2. The maximum atomic E-state index is 12.8. The van der Waals surface area contributed by atoms with Crippen LogP contribution in [0.15, 0.2) is 39.8 Å². The number of ether oxygens (including phenoxy) is 1. The number of benzene rings is 1. The van der Waals surface area contributed by atoms with Gasteiger partial charge in [-0.25, -0.2) is 8.42 Å². The molecular formula is C15H18N2O4S. The third-order valence-electron chi connectivity index (χ3n) is 3.77. The average molecular weight is 322 g/mol.